The van der Waals surface area contributed by atoms with Crippen molar-refractivity contribution in [3.63, 3.8) is 0 Å². The van der Waals surface area contributed by atoms with Crippen LogP contribution in [0.25, 0.3) is 0 Å². The first-order valence-corrected chi connectivity index (χ1v) is 11.4. The highest BCUT2D eigenvalue weighted by Crippen LogP contribution is 2.28. The fourth-order valence-corrected chi connectivity index (χ4v) is 4.29. The molecule has 1 unspecified atom stereocenters. The number of hydrogen-bond donors (Lipinski definition) is 1. The molecule has 4 aromatic rings. The third kappa shape index (κ3) is 6.48. The molecule has 0 saturated heterocycles. The Morgan fingerprint density at radius 3 is 1.85 bits per heavy atom. The fourth-order valence-electron chi connectivity index (χ4n) is 4.12. The van der Waals surface area contributed by atoms with Crippen molar-refractivity contribution in [2.24, 2.45) is 0 Å². The number of rotatable bonds is 9. The number of aliphatic hydroxyl groups is 1. The van der Waals surface area contributed by atoms with Crippen LogP contribution >= 0.6 is 11.6 Å². The monoisotopic (exact) mass is 478 g/mol. The molecule has 174 valence electrons. The van der Waals surface area contributed by atoms with E-state index in [0.29, 0.717) is 29.4 Å². The average molecular weight is 479 g/mol. The third-order valence-corrected chi connectivity index (χ3v) is 5.94. The number of hydrogen-bond acceptors (Lipinski definition) is 3. The van der Waals surface area contributed by atoms with Gasteiger partial charge in [-0.05, 0) is 47.4 Å². The summed E-state index contributed by atoms with van der Waals surface area (Å²) in [5, 5.41) is 11.9. The number of halogens is 3. The molecule has 0 bridgehead atoms. The topological polar surface area (TPSA) is 36.4 Å². The standard InChI is InChI=1S/C28H25ClF2N2O/c29-23-11-12-32-26(16-23)28(34)27(15-22-13-24(30)17-25(31)14-22)33(18-20-7-3-1-4-8-20)19-21-9-5-2-6-10-21/h1-14,16-17,27-28,34H,15,18-19H2/t27-,28?/m0/s1. The van der Waals surface area contributed by atoms with Crippen LogP contribution in [0.3, 0.4) is 0 Å². The van der Waals surface area contributed by atoms with Gasteiger partial charge in [0.05, 0.1) is 5.69 Å². The molecule has 1 aromatic heterocycles. The number of benzene rings is 3. The maximum absolute atomic E-state index is 14.0. The summed E-state index contributed by atoms with van der Waals surface area (Å²) in [6.07, 6.45) is 0.708. The van der Waals surface area contributed by atoms with Crippen molar-refractivity contribution >= 4 is 11.6 Å². The van der Waals surface area contributed by atoms with Crippen LogP contribution in [0.4, 0.5) is 8.78 Å². The van der Waals surface area contributed by atoms with E-state index in [-0.39, 0.29) is 6.42 Å². The summed E-state index contributed by atoms with van der Waals surface area (Å²) in [5.41, 5.74) is 2.97. The zero-order chi connectivity index (χ0) is 23.9. The molecule has 0 amide bonds. The molecular weight excluding hydrogens is 454 g/mol. The predicted molar refractivity (Wildman–Crippen MR) is 130 cm³/mol. The molecule has 0 radical (unpaired) electrons. The molecule has 3 aromatic carbocycles. The van der Waals surface area contributed by atoms with Gasteiger partial charge in [0.1, 0.15) is 17.7 Å². The summed E-state index contributed by atoms with van der Waals surface area (Å²) in [6.45, 7) is 1.05. The second-order valence-corrected chi connectivity index (χ2v) is 8.71. The molecule has 0 aliphatic carbocycles. The van der Waals surface area contributed by atoms with Crippen molar-refractivity contribution in [3.05, 3.63) is 136 Å². The Bertz CT molecular complexity index is 1150. The Morgan fingerprint density at radius 2 is 1.32 bits per heavy atom. The highest BCUT2D eigenvalue weighted by Gasteiger charge is 2.29. The molecule has 0 spiro atoms. The van der Waals surface area contributed by atoms with Crippen molar-refractivity contribution in [1.82, 2.24) is 9.88 Å². The Balaban J connectivity index is 1.75. The molecule has 2 atom stereocenters. The normalized spacial score (nSPS) is 13.1. The number of aliphatic hydroxyl groups excluding tert-OH is 1. The van der Waals surface area contributed by atoms with E-state index in [4.69, 9.17) is 11.6 Å². The zero-order valence-corrected chi connectivity index (χ0v) is 19.2. The Morgan fingerprint density at radius 1 is 0.765 bits per heavy atom. The summed E-state index contributed by atoms with van der Waals surface area (Å²) in [5.74, 6) is -1.30. The Kier molecular flexibility index (Phi) is 8.01. The predicted octanol–water partition coefficient (Wildman–Crippen LogP) is 6.36. The van der Waals surface area contributed by atoms with E-state index < -0.39 is 23.8 Å². The maximum Gasteiger partial charge on any atom is 0.126 e. The minimum atomic E-state index is -1.04. The number of aromatic nitrogens is 1. The van der Waals surface area contributed by atoms with Crippen LogP contribution < -0.4 is 0 Å². The van der Waals surface area contributed by atoms with Gasteiger partial charge in [0.2, 0.25) is 0 Å². The summed E-state index contributed by atoms with van der Waals surface area (Å²) in [7, 11) is 0. The van der Waals surface area contributed by atoms with E-state index in [1.54, 1.807) is 18.3 Å². The van der Waals surface area contributed by atoms with Gasteiger partial charge in [0.25, 0.3) is 0 Å². The molecule has 6 heteroatoms. The molecule has 34 heavy (non-hydrogen) atoms. The van der Waals surface area contributed by atoms with E-state index in [0.717, 1.165) is 17.2 Å². The first kappa shape index (κ1) is 24.0. The Hall–Kier alpha value is -3.12. The van der Waals surface area contributed by atoms with Gasteiger partial charge >= 0.3 is 0 Å². The van der Waals surface area contributed by atoms with Gasteiger partial charge in [-0.1, -0.05) is 72.3 Å². The molecular formula is C28H25ClF2N2O. The van der Waals surface area contributed by atoms with E-state index >= 15 is 0 Å². The second-order valence-electron chi connectivity index (χ2n) is 8.27. The summed E-state index contributed by atoms with van der Waals surface area (Å²) in [4.78, 5) is 6.44. The van der Waals surface area contributed by atoms with Gasteiger partial charge < -0.3 is 5.11 Å². The van der Waals surface area contributed by atoms with E-state index in [9.17, 15) is 13.9 Å². The Labute approximate surface area is 203 Å². The number of nitrogens with zero attached hydrogens (tertiary/aromatic N) is 2. The summed E-state index contributed by atoms with van der Waals surface area (Å²) >= 11 is 6.17. The summed E-state index contributed by atoms with van der Waals surface area (Å²) in [6, 6.07) is 26.0. The van der Waals surface area contributed by atoms with Crippen LogP contribution in [0, 0.1) is 11.6 Å². The van der Waals surface area contributed by atoms with Crippen molar-refractivity contribution < 1.29 is 13.9 Å². The molecule has 0 fully saturated rings. The molecule has 0 aliphatic heterocycles. The largest absolute Gasteiger partial charge is 0.385 e. The highest BCUT2D eigenvalue weighted by atomic mass is 35.5. The highest BCUT2D eigenvalue weighted by molar-refractivity contribution is 6.30. The van der Waals surface area contributed by atoms with E-state index in [2.05, 4.69) is 9.88 Å². The quantitative estimate of drug-likeness (QED) is 0.304. The van der Waals surface area contributed by atoms with Crippen molar-refractivity contribution in [2.75, 3.05) is 0 Å². The lowest BCUT2D eigenvalue weighted by atomic mass is 9.95. The lowest BCUT2D eigenvalue weighted by molar-refractivity contribution is 0.0356. The molecule has 3 nitrogen and oxygen atoms in total. The van der Waals surface area contributed by atoms with Crippen LogP contribution in [0.5, 0.6) is 0 Å². The van der Waals surface area contributed by atoms with Crippen LogP contribution in [-0.2, 0) is 19.5 Å². The molecule has 4 rings (SSSR count). The molecule has 1 N–H and O–H groups in total. The van der Waals surface area contributed by atoms with Crippen molar-refractivity contribution in [1.29, 1.82) is 0 Å². The zero-order valence-electron chi connectivity index (χ0n) is 18.5. The van der Waals surface area contributed by atoms with Gasteiger partial charge in [0, 0.05) is 36.4 Å². The van der Waals surface area contributed by atoms with E-state index in [1.165, 1.54) is 12.1 Å². The SMILES string of the molecule is OC(c1cc(Cl)ccn1)[C@H](Cc1cc(F)cc(F)c1)N(Cc1ccccc1)Cc1ccccc1. The minimum absolute atomic E-state index is 0.212. The van der Waals surface area contributed by atoms with E-state index in [1.807, 2.05) is 60.7 Å². The van der Waals surface area contributed by atoms with Gasteiger partial charge in [-0.2, -0.15) is 0 Å². The van der Waals surface area contributed by atoms with Crippen molar-refractivity contribution in [2.45, 2.75) is 31.7 Å². The minimum Gasteiger partial charge on any atom is -0.385 e. The maximum atomic E-state index is 14.0. The molecule has 0 aliphatic rings. The number of pyridine rings is 1. The van der Waals surface area contributed by atoms with Gasteiger partial charge in [-0.15, -0.1) is 0 Å². The molecule has 0 saturated carbocycles. The van der Waals surface area contributed by atoms with Crippen LogP contribution in [0.15, 0.2) is 97.2 Å². The lowest BCUT2D eigenvalue weighted by Gasteiger charge is -2.35. The van der Waals surface area contributed by atoms with Crippen LogP contribution in [0.2, 0.25) is 5.02 Å². The first-order valence-electron chi connectivity index (χ1n) is 11.0. The fraction of sp³-hybridized carbons (Fsp3) is 0.179. The third-order valence-electron chi connectivity index (χ3n) is 5.70. The van der Waals surface area contributed by atoms with Crippen LogP contribution in [0.1, 0.15) is 28.5 Å². The van der Waals surface area contributed by atoms with Gasteiger partial charge in [-0.3, -0.25) is 9.88 Å². The summed E-state index contributed by atoms with van der Waals surface area (Å²) < 4.78 is 28.0. The van der Waals surface area contributed by atoms with Gasteiger partial charge in [-0.25, -0.2) is 8.78 Å². The average Bonchev–Trinajstić information content (AvgIpc) is 2.82. The van der Waals surface area contributed by atoms with Crippen LogP contribution in [-0.4, -0.2) is 21.0 Å². The lowest BCUT2D eigenvalue weighted by Crippen LogP contribution is -2.41. The molecule has 1 heterocycles. The first-order chi connectivity index (χ1) is 16.5. The second kappa shape index (κ2) is 11.3. The van der Waals surface area contributed by atoms with Crippen molar-refractivity contribution in [3.8, 4) is 0 Å². The smallest absolute Gasteiger partial charge is 0.126 e. The van der Waals surface area contributed by atoms with Gasteiger partial charge in [0.15, 0.2) is 0 Å².